The SMILES string of the molecule is CCOC(=O)/C(C)=C/c1cc(Br)ccc1N1CCC(OC2CCCCO2)C1. The fourth-order valence-corrected chi connectivity index (χ4v) is 3.94. The Balaban J connectivity index is 1.71. The molecule has 0 amide bonds. The molecule has 0 saturated carbocycles. The molecule has 0 radical (unpaired) electrons. The maximum atomic E-state index is 12.0. The molecule has 0 N–H and O–H groups in total. The van der Waals surface area contributed by atoms with Gasteiger partial charge < -0.3 is 19.1 Å². The highest BCUT2D eigenvalue weighted by Crippen LogP contribution is 2.31. The number of benzene rings is 1. The minimum Gasteiger partial charge on any atom is -0.463 e. The van der Waals surface area contributed by atoms with E-state index in [1.165, 1.54) is 6.42 Å². The van der Waals surface area contributed by atoms with Crippen molar-refractivity contribution >= 4 is 33.7 Å². The quantitative estimate of drug-likeness (QED) is 0.482. The third-order valence-electron chi connectivity index (χ3n) is 4.93. The molecule has 5 nitrogen and oxygen atoms in total. The topological polar surface area (TPSA) is 48.0 Å². The normalized spacial score (nSPS) is 23.5. The molecule has 0 bridgehead atoms. The number of esters is 1. The molecule has 27 heavy (non-hydrogen) atoms. The van der Waals surface area contributed by atoms with Gasteiger partial charge in [-0.25, -0.2) is 4.79 Å². The zero-order valence-electron chi connectivity index (χ0n) is 16.1. The highest BCUT2D eigenvalue weighted by molar-refractivity contribution is 9.10. The number of hydrogen-bond acceptors (Lipinski definition) is 5. The summed E-state index contributed by atoms with van der Waals surface area (Å²) >= 11 is 3.54. The summed E-state index contributed by atoms with van der Waals surface area (Å²) in [5.74, 6) is -0.277. The number of rotatable bonds is 6. The zero-order chi connectivity index (χ0) is 19.2. The summed E-state index contributed by atoms with van der Waals surface area (Å²) in [5.41, 5.74) is 2.71. The van der Waals surface area contributed by atoms with Crippen molar-refractivity contribution in [1.29, 1.82) is 0 Å². The first kappa shape index (κ1) is 20.4. The summed E-state index contributed by atoms with van der Waals surface area (Å²) in [6.45, 7) is 6.55. The van der Waals surface area contributed by atoms with Gasteiger partial charge in [-0.3, -0.25) is 0 Å². The Morgan fingerprint density at radius 2 is 2.22 bits per heavy atom. The smallest absolute Gasteiger partial charge is 0.333 e. The monoisotopic (exact) mass is 437 g/mol. The maximum Gasteiger partial charge on any atom is 0.333 e. The van der Waals surface area contributed by atoms with Crippen molar-refractivity contribution in [2.45, 2.75) is 51.9 Å². The van der Waals surface area contributed by atoms with Crippen molar-refractivity contribution in [2.24, 2.45) is 0 Å². The van der Waals surface area contributed by atoms with Crippen molar-refractivity contribution in [1.82, 2.24) is 0 Å². The van der Waals surface area contributed by atoms with Crippen LogP contribution in [0.3, 0.4) is 0 Å². The second-order valence-electron chi connectivity index (χ2n) is 7.04. The standard InChI is InChI=1S/C21H28BrNO4/c1-3-25-21(24)15(2)12-16-13-17(22)7-8-19(16)23-10-9-18(14-23)27-20-6-4-5-11-26-20/h7-8,12-13,18,20H,3-6,9-11,14H2,1-2H3/b15-12+. The molecule has 2 heterocycles. The van der Waals surface area contributed by atoms with Gasteiger partial charge in [-0.05, 0) is 69.4 Å². The molecule has 2 fully saturated rings. The fraction of sp³-hybridized carbons (Fsp3) is 0.571. The van der Waals surface area contributed by atoms with Crippen LogP contribution in [0, 0.1) is 0 Å². The van der Waals surface area contributed by atoms with Crippen LogP contribution in [0.25, 0.3) is 6.08 Å². The van der Waals surface area contributed by atoms with Gasteiger partial charge in [0.05, 0.1) is 12.7 Å². The second-order valence-corrected chi connectivity index (χ2v) is 7.96. The molecule has 148 valence electrons. The molecule has 0 aliphatic carbocycles. The van der Waals surface area contributed by atoms with E-state index in [1.807, 2.05) is 25.1 Å². The van der Waals surface area contributed by atoms with Gasteiger partial charge in [0, 0.05) is 35.4 Å². The molecule has 6 heteroatoms. The minimum atomic E-state index is -0.277. The van der Waals surface area contributed by atoms with Gasteiger partial charge in [-0.1, -0.05) is 15.9 Å². The zero-order valence-corrected chi connectivity index (χ0v) is 17.7. The summed E-state index contributed by atoms with van der Waals surface area (Å²) in [7, 11) is 0. The molecule has 2 saturated heterocycles. The summed E-state index contributed by atoms with van der Waals surface area (Å²) < 4.78 is 18.0. The van der Waals surface area contributed by atoms with Crippen LogP contribution in [0.5, 0.6) is 0 Å². The predicted octanol–water partition coefficient (Wildman–Crippen LogP) is 4.54. The van der Waals surface area contributed by atoms with Crippen molar-refractivity contribution in [2.75, 3.05) is 31.2 Å². The third-order valence-corrected chi connectivity index (χ3v) is 5.42. The third kappa shape index (κ3) is 5.56. The molecular formula is C21H28BrNO4. The highest BCUT2D eigenvalue weighted by atomic mass is 79.9. The molecule has 1 aromatic rings. The van der Waals surface area contributed by atoms with E-state index < -0.39 is 0 Å². The van der Waals surface area contributed by atoms with Crippen LogP contribution in [0.1, 0.15) is 45.1 Å². The average Bonchev–Trinajstić information content (AvgIpc) is 3.11. The lowest BCUT2D eigenvalue weighted by Crippen LogP contribution is -2.30. The minimum absolute atomic E-state index is 0.0564. The van der Waals surface area contributed by atoms with Gasteiger partial charge in [0.25, 0.3) is 0 Å². The van der Waals surface area contributed by atoms with Crippen LogP contribution >= 0.6 is 15.9 Å². The Morgan fingerprint density at radius 3 is 2.96 bits per heavy atom. The summed E-state index contributed by atoms with van der Waals surface area (Å²) in [4.78, 5) is 14.3. The molecule has 2 aliphatic rings. The van der Waals surface area contributed by atoms with E-state index in [4.69, 9.17) is 14.2 Å². The van der Waals surface area contributed by atoms with E-state index in [2.05, 4.69) is 26.9 Å². The largest absolute Gasteiger partial charge is 0.463 e. The number of nitrogens with zero attached hydrogens (tertiary/aromatic N) is 1. The van der Waals surface area contributed by atoms with Crippen LogP contribution in [0.15, 0.2) is 28.2 Å². The average molecular weight is 438 g/mol. The molecule has 2 atom stereocenters. The Bertz CT molecular complexity index is 685. The van der Waals surface area contributed by atoms with Gasteiger partial charge in [0.2, 0.25) is 0 Å². The van der Waals surface area contributed by atoms with Crippen LogP contribution < -0.4 is 4.90 Å². The van der Waals surface area contributed by atoms with E-state index in [0.717, 1.165) is 54.7 Å². The lowest BCUT2D eigenvalue weighted by atomic mass is 10.1. The van der Waals surface area contributed by atoms with Crippen molar-refractivity contribution < 1.29 is 19.0 Å². The fourth-order valence-electron chi connectivity index (χ4n) is 3.56. The lowest BCUT2D eigenvalue weighted by molar-refractivity contribution is -0.183. The van der Waals surface area contributed by atoms with Crippen LogP contribution in [0.4, 0.5) is 5.69 Å². The number of carbonyl (C=O) groups is 1. The number of ether oxygens (including phenoxy) is 3. The van der Waals surface area contributed by atoms with Crippen molar-refractivity contribution in [3.05, 3.63) is 33.8 Å². The number of anilines is 1. The van der Waals surface area contributed by atoms with Gasteiger partial charge in [-0.15, -0.1) is 0 Å². The molecule has 0 spiro atoms. The van der Waals surface area contributed by atoms with Crippen LogP contribution in [-0.4, -0.2) is 44.7 Å². The molecule has 1 aromatic carbocycles. The van der Waals surface area contributed by atoms with E-state index in [0.29, 0.717) is 12.2 Å². The predicted molar refractivity (Wildman–Crippen MR) is 110 cm³/mol. The van der Waals surface area contributed by atoms with E-state index in [9.17, 15) is 4.79 Å². The maximum absolute atomic E-state index is 12.0. The number of hydrogen-bond donors (Lipinski definition) is 0. The van der Waals surface area contributed by atoms with Gasteiger partial charge >= 0.3 is 5.97 Å². The number of halogens is 1. The first-order valence-electron chi connectivity index (χ1n) is 9.73. The Morgan fingerprint density at radius 1 is 1.37 bits per heavy atom. The Labute approximate surface area is 169 Å². The van der Waals surface area contributed by atoms with Crippen molar-refractivity contribution in [3.8, 4) is 0 Å². The highest BCUT2D eigenvalue weighted by Gasteiger charge is 2.28. The van der Waals surface area contributed by atoms with E-state index >= 15 is 0 Å². The Hall–Kier alpha value is -1.37. The van der Waals surface area contributed by atoms with Gasteiger partial charge in [-0.2, -0.15) is 0 Å². The number of carbonyl (C=O) groups excluding carboxylic acids is 1. The van der Waals surface area contributed by atoms with Crippen molar-refractivity contribution in [3.63, 3.8) is 0 Å². The molecular weight excluding hydrogens is 410 g/mol. The van der Waals surface area contributed by atoms with Gasteiger partial charge in [0.1, 0.15) is 0 Å². The summed E-state index contributed by atoms with van der Waals surface area (Å²) in [6, 6.07) is 6.16. The summed E-state index contributed by atoms with van der Waals surface area (Å²) in [6.07, 6.45) is 6.30. The molecule has 3 rings (SSSR count). The lowest BCUT2D eigenvalue weighted by Gasteiger charge is -2.26. The van der Waals surface area contributed by atoms with Gasteiger partial charge in [0.15, 0.2) is 6.29 Å². The van der Waals surface area contributed by atoms with Crippen LogP contribution in [-0.2, 0) is 19.0 Å². The first-order chi connectivity index (χ1) is 13.1. The Kier molecular flexibility index (Phi) is 7.33. The first-order valence-corrected chi connectivity index (χ1v) is 10.5. The molecule has 2 aliphatic heterocycles. The molecule has 0 aromatic heterocycles. The second kappa shape index (κ2) is 9.71. The van der Waals surface area contributed by atoms with E-state index in [-0.39, 0.29) is 18.4 Å². The summed E-state index contributed by atoms with van der Waals surface area (Å²) in [5, 5.41) is 0. The van der Waals surface area contributed by atoms with Crippen LogP contribution in [0.2, 0.25) is 0 Å². The molecule has 2 unspecified atom stereocenters. The van der Waals surface area contributed by atoms with E-state index in [1.54, 1.807) is 6.92 Å².